The van der Waals surface area contributed by atoms with Crippen LogP contribution in [0.5, 0.6) is 46.0 Å². The highest BCUT2D eigenvalue weighted by molar-refractivity contribution is 5.90. The highest BCUT2D eigenvalue weighted by Crippen LogP contribution is 2.44. The van der Waals surface area contributed by atoms with E-state index in [-0.39, 0.29) is 38.1 Å². The molecule has 502 valence electrons. The number of aryl methyl sites for hydroxylation is 2. The predicted molar refractivity (Wildman–Crippen MR) is 350 cm³/mol. The van der Waals surface area contributed by atoms with E-state index in [1.165, 1.54) is 42.7 Å². The molecule has 6 atom stereocenters. The van der Waals surface area contributed by atoms with Gasteiger partial charge >= 0.3 is 11.9 Å². The maximum atomic E-state index is 14.5. The number of aromatic nitrogens is 2. The van der Waals surface area contributed by atoms with Gasteiger partial charge in [0.25, 0.3) is 11.8 Å². The molecular formula is C72H88N6O16. The molecule has 6 aromatic rings. The summed E-state index contributed by atoms with van der Waals surface area (Å²) < 4.78 is 58.2. The maximum absolute atomic E-state index is 14.5. The van der Waals surface area contributed by atoms with Crippen LogP contribution in [-0.2, 0) is 51.1 Å². The third kappa shape index (κ3) is 18.6. The highest BCUT2D eigenvalue weighted by atomic mass is 16.6. The molecule has 2 fully saturated rings. The van der Waals surface area contributed by atoms with Crippen LogP contribution in [0.15, 0.2) is 122 Å². The van der Waals surface area contributed by atoms with E-state index >= 15 is 0 Å². The van der Waals surface area contributed by atoms with Crippen molar-refractivity contribution >= 4 is 35.6 Å². The first-order valence-corrected chi connectivity index (χ1v) is 32.1. The van der Waals surface area contributed by atoms with Gasteiger partial charge in [-0.2, -0.15) is 0 Å². The molecule has 0 aliphatic carbocycles. The molecule has 2 unspecified atom stereocenters. The number of piperidine rings is 2. The van der Waals surface area contributed by atoms with Crippen molar-refractivity contribution in [2.24, 2.45) is 0 Å². The van der Waals surface area contributed by atoms with E-state index in [1.54, 1.807) is 95.3 Å². The first-order valence-electron chi connectivity index (χ1n) is 32.1. The Balaban J connectivity index is 0.846. The largest absolute Gasteiger partial charge is 0.493 e. The lowest BCUT2D eigenvalue weighted by molar-refractivity contribution is -0.162. The molecule has 4 heterocycles. The van der Waals surface area contributed by atoms with Gasteiger partial charge in [-0.25, -0.2) is 9.59 Å². The topological polar surface area (TPSA) is 251 Å². The zero-order valence-electron chi connectivity index (χ0n) is 55.1. The molecule has 2 N–H and O–H groups in total. The zero-order valence-corrected chi connectivity index (χ0v) is 55.1. The van der Waals surface area contributed by atoms with Crippen LogP contribution in [0, 0.1) is 0 Å². The predicted octanol–water partition coefficient (Wildman–Crippen LogP) is 9.80. The average Bonchev–Trinajstić information content (AvgIpc) is 0.814. The van der Waals surface area contributed by atoms with Gasteiger partial charge in [0.05, 0.1) is 54.5 Å². The first kappa shape index (κ1) is 70.3. The van der Waals surface area contributed by atoms with Gasteiger partial charge in [0.15, 0.2) is 36.2 Å². The molecule has 0 saturated carbocycles. The summed E-state index contributed by atoms with van der Waals surface area (Å²) in [6.45, 7) is 4.12. The van der Waals surface area contributed by atoms with E-state index in [9.17, 15) is 28.8 Å². The van der Waals surface area contributed by atoms with E-state index in [0.717, 1.165) is 36.8 Å². The molecule has 4 amide bonds. The minimum atomic E-state index is -0.825. The minimum Gasteiger partial charge on any atom is -0.493 e. The van der Waals surface area contributed by atoms with Crippen molar-refractivity contribution in [3.63, 3.8) is 0 Å². The third-order valence-corrected chi connectivity index (χ3v) is 17.0. The molecule has 0 bridgehead atoms. The standard InChI is InChI=1S/C72H88N6O16/c1-9-55(51-39-61(85-3)67(89-7)62(40-51)86-4)69(81)77-35-13-11-25-57(77)71(83)93-59(29-27-47-19-17-31-73-43-47)49-21-15-23-53(37-49)91-45-65(79)75-33-34-76-66(80)46-92-54-24-16-22-50(38-54)60(30-28-48-20-18-32-74-44-48)94-72(84)58-26-12-14-36-78(58)70(82)56(10-2)52-41-63(87-5)68(90-8)64(42-52)88-6/h15-24,31-32,37-44,55-60H,9-14,25-30,33-36,45-46H2,1-8H3,(H,75,79)(H,76,80)/t55-,56-,57-,58-,59?,60?/m0/s1. The van der Waals surface area contributed by atoms with E-state index in [1.807, 2.05) is 50.2 Å². The number of carbonyl (C=O) groups excluding carboxylic acids is 6. The summed E-state index contributed by atoms with van der Waals surface area (Å²) in [4.78, 5) is 96.0. The van der Waals surface area contributed by atoms with Crippen molar-refractivity contribution in [3.05, 3.63) is 155 Å². The maximum Gasteiger partial charge on any atom is 0.329 e. The fourth-order valence-electron chi connectivity index (χ4n) is 12.1. The van der Waals surface area contributed by atoms with Crippen LogP contribution in [0.1, 0.15) is 135 Å². The Kier molecular flexibility index (Phi) is 26.5. The molecule has 0 spiro atoms. The summed E-state index contributed by atoms with van der Waals surface area (Å²) in [5.41, 5.74) is 4.52. The number of esters is 2. The summed E-state index contributed by atoms with van der Waals surface area (Å²) in [6.07, 6.45) is 12.0. The number of nitrogens with zero attached hydrogens (tertiary/aromatic N) is 4. The number of ether oxygens (including phenoxy) is 10. The van der Waals surface area contributed by atoms with E-state index in [2.05, 4.69) is 20.6 Å². The van der Waals surface area contributed by atoms with Crippen molar-refractivity contribution in [2.75, 3.05) is 82.1 Å². The zero-order chi connectivity index (χ0) is 66.9. The average molecular weight is 1290 g/mol. The van der Waals surface area contributed by atoms with Gasteiger partial charge in [-0.15, -0.1) is 0 Å². The number of hydrogen-bond donors (Lipinski definition) is 2. The van der Waals surface area contributed by atoms with Crippen LogP contribution in [0.25, 0.3) is 0 Å². The fourth-order valence-corrected chi connectivity index (χ4v) is 12.1. The van der Waals surface area contributed by atoms with Crippen molar-refractivity contribution in [3.8, 4) is 46.0 Å². The normalized spacial score (nSPS) is 15.8. The Labute approximate surface area is 550 Å². The van der Waals surface area contributed by atoms with Gasteiger partial charge in [0.2, 0.25) is 23.3 Å². The molecule has 2 aliphatic heterocycles. The molecule has 22 nitrogen and oxygen atoms in total. The second-order valence-corrected chi connectivity index (χ2v) is 23.0. The smallest absolute Gasteiger partial charge is 0.329 e. The van der Waals surface area contributed by atoms with Crippen LogP contribution in [0.4, 0.5) is 0 Å². The van der Waals surface area contributed by atoms with Crippen molar-refractivity contribution in [1.29, 1.82) is 0 Å². The van der Waals surface area contributed by atoms with Gasteiger partial charge in [0.1, 0.15) is 35.8 Å². The second-order valence-electron chi connectivity index (χ2n) is 23.0. The van der Waals surface area contributed by atoms with Gasteiger partial charge in [-0.1, -0.05) is 50.2 Å². The molecular weight excluding hydrogens is 1200 g/mol. The number of pyridine rings is 2. The Bertz CT molecular complexity index is 3210. The minimum absolute atomic E-state index is 0.0933. The number of nitrogens with one attached hydrogen (secondary N) is 2. The summed E-state index contributed by atoms with van der Waals surface area (Å²) in [7, 11) is 9.13. The quantitative estimate of drug-likeness (QED) is 0.0287. The SMILES string of the molecule is CC[C@H](C(=O)N1CCCC[C@H]1C(=O)OC(CCc1cccnc1)c1cccc(OCC(=O)NCCNC(=O)COc2cccc(C(CCc3cccnc3)OC(=O)[C@@H]3CCCCN3C(=O)[C@@H](CC)c3cc(OC)c(OC)c(OC)c3)c2)c1)c1cc(OC)c(OC)c(OC)c1. The number of likely N-dealkylation sites (tertiary alicyclic amines) is 2. The van der Waals surface area contributed by atoms with E-state index in [4.69, 9.17) is 47.4 Å². The van der Waals surface area contributed by atoms with Crippen LogP contribution in [-0.4, -0.2) is 149 Å². The Morgan fingerprint density at radius 1 is 0.489 bits per heavy atom. The monoisotopic (exact) mass is 1290 g/mol. The molecule has 22 heteroatoms. The Morgan fingerprint density at radius 2 is 0.883 bits per heavy atom. The van der Waals surface area contributed by atoms with Gasteiger partial charge in [0, 0.05) is 51.0 Å². The number of benzene rings is 4. The fraction of sp³-hybridized carbons (Fsp3) is 0.444. The molecule has 94 heavy (non-hydrogen) atoms. The molecule has 2 aliphatic rings. The Hall–Kier alpha value is -9.60. The molecule has 4 aromatic carbocycles. The summed E-state index contributed by atoms with van der Waals surface area (Å²) in [5.74, 6) is -0.266. The van der Waals surface area contributed by atoms with E-state index in [0.29, 0.717) is 133 Å². The number of rotatable bonds is 33. The number of methoxy groups -OCH3 is 6. The Morgan fingerprint density at radius 3 is 1.22 bits per heavy atom. The van der Waals surface area contributed by atoms with Crippen molar-refractivity contribution < 1.29 is 76.1 Å². The molecule has 8 rings (SSSR count). The van der Waals surface area contributed by atoms with Gasteiger partial charge in [-0.3, -0.25) is 29.1 Å². The molecule has 0 radical (unpaired) electrons. The summed E-state index contributed by atoms with van der Waals surface area (Å²) in [6, 6.07) is 27.1. The van der Waals surface area contributed by atoms with Crippen molar-refractivity contribution in [2.45, 2.75) is 127 Å². The highest BCUT2D eigenvalue weighted by Gasteiger charge is 2.40. The first-order chi connectivity index (χ1) is 45.7. The van der Waals surface area contributed by atoms with Gasteiger partial charge < -0.3 is 67.8 Å². The number of hydrogen-bond acceptors (Lipinski definition) is 18. The lowest BCUT2D eigenvalue weighted by Crippen LogP contribution is -2.50. The second kappa shape index (κ2) is 35.4. The van der Waals surface area contributed by atoms with Gasteiger partial charge in [-0.05, 0) is 171 Å². The third-order valence-electron chi connectivity index (χ3n) is 17.0. The van der Waals surface area contributed by atoms with E-state index < -0.39 is 59.9 Å². The number of amides is 4. The van der Waals surface area contributed by atoms with Crippen LogP contribution >= 0.6 is 0 Å². The molecule has 2 aromatic heterocycles. The summed E-state index contributed by atoms with van der Waals surface area (Å²) in [5, 5.41) is 5.53. The summed E-state index contributed by atoms with van der Waals surface area (Å²) >= 11 is 0. The van der Waals surface area contributed by atoms with Crippen LogP contribution in [0.3, 0.4) is 0 Å². The number of carbonyl (C=O) groups is 6. The van der Waals surface area contributed by atoms with Crippen LogP contribution in [0.2, 0.25) is 0 Å². The van der Waals surface area contributed by atoms with Crippen LogP contribution < -0.4 is 48.5 Å². The lowest BCUT2D eigenvalue weighted by atomic mass is 9.91. The lowest BCUT2D eigenvalue weighted by Gasteiger charge is -2.37. The molecule has 2 saturated heterocycles. The van der Waals surface area contributed by atoms with Crippen molar-refractivity contribution in [1.82, 2.24) is 30.4 Å².